The molecule has 4 nitrogen and oxygen atoms in total. The topological polar surface area (TPSA) is 44.7 Å². The van der Waals surface area contributed by atoms with Crippen LogP contribution >= 0.6 is 11.6 Å². The first kappa shape index (κ1) is 16.6. The lowest BCUT2D eigenvalue weighted by molar-refractivity contribution is 0.0464. The summed E-state index contributed by atoms with van der Waals surface area (Å²) in [6, 6.07) is 6.02. The van der Waals surface area contributed by atoms with Gasteiger partial charge in [0.15, 0.2) is 0 Å². The van der Waals surface area contributed by atoms with Crippen molar-refractivity contribution in [2.75, 3.05) is 38.8 Å². The second-order valence-electron chi connectivity index (χ2n) is 5.81. The molecule has 1 aliphatic rings. The summed E-state index contributed by atoms with van der Waals surface area (Å²) in [5, 5.41) is 13.5. The summed E-state index contributed by atoms with van der Waals surface area (Å²) >= 11 is 6.15. The highest BCUT2D eigenvalue weighted by Crippen LogP contribution is 2.31. The Hall–Kier alpha value is -0.810. The van der Waals surface area contributed by atoms with E-state index < -0.39 is 0 Å². The van der Waals surface area contributed by atoms with Gasteiger partial charge in [-0.05, 0) is 36.5 Å². The van der Waals surface area contributed by atoms with E-state index in [1.807, 2.05) is 12.1 Å². The van der Waals surface area contributed by atoms with Gasteiger partial charge in [-0.15, -0.1) is 0 Å². The Labute approximate surface area is 132 Å². The van der Waals surface area contributed by atoms with Gasteiger partial charge in [0.2, 0.25) is 0 Å². The van der Waals surface area contributed by atoms with E-state index in [2.05, 4.69) is 23.3 Å². The summed E-state index contributed by atoms with van der Waals surface area (Å²) in [5.74, 6) is 0.582. The van der Waals surface area contributed by atoms with Crippen LogP contribution in [0.4, 0.5) is 5.69 Å². The van der Waals surface area contributed by atoms with Gasteiger partial charge in [-0.3, -0.25) is 0 Å². The van der Waals surface area contributed by atoms with E-state index in [9.17, 15) is 5.11 Å². The van der Waals surface area contributed by atoms with Crippen molar-refractivity contribution in [3.8, 4) is 0 Å². The zero-order chi connectivity index (χ0) is 15.2. The van der Waals surface area contributed by atoms with Crippen LogP contribution < -0.4 is 10.2 Å². The molecular formula is C16H25ClN2O2. The highest BCUT2D eigenvalue weighted by molar-refractivity contribution is 6.30. The van der Waals surface area contributed by atoms with Crippen molar-refractivity contribution in [2.45, 2.75) is 25.5 Å². The Morgan fingerprint density at radius 3 is 2.86 bits per heavy atom. The Balaban J connectivity index is 1.96. The molecule has 0 heterocycles. The number of halogens is 1. The number of nitrogens with zero attached hydrogens (tertiary/aromatic N) is 1. The zero-order valence-electron chi connectivity index (χ0n) is 12.8. The Bertz CT molecular complexity index is 450. The fourth-order valence-electron chi connectivity index (χ4n) is 2.77. The molecular weight excluding hydrogens is 288 g/mol. The number of aliphatic hydroxyl groups excluding tert-OH is 1. The molecule has 21 heavy (non-hydrogen) atoms. The van der Waals surface area contributed by atoms with Crippen LogP contribution in [0.25, 0.3) is 0 Å². The molecule has 1 aromatic rings. The summed E-state index contributed by atoms with van der Waals surface area (Å²) in [6.45, 7) is 3.30. The maximum atomic E-state index is 9.41. The second kappa shape index (κ2) is 7.99. The summed E-state index contributed by atoms with van der Waals surface area (Å²) in [7, 11) is 3.80. The van der Waals surface area contributed by atoms with Crippen LogP contribution in [0.1, 0.15) is 18.4 Å². The lowest BCUT2D eigenvalue weighted by Gasteiger charge is -2.36. The summed E-state index contributed by atoms with van der Waals surface area (Å²) < 4.78 is 5.04. The summed E-state index contributed by atoms with van der Waals surface area (Å²) in [4.78, 5) is 2.25. The Kier molecular flexibility index (Phi) is 6.30. The number of hydrogen-bond acceptors (Lipinski definition) is 4. The minimum atomic E-state index is -0.0991. The van der Waals surface area contributed by atoms with E-state index >= 15 is 0 Å². The van der Waals surface area contributed by atoms with Crippen molar-refractivity contribution in [3.05, 3.63) is 28.8 Å². The third kappa shape index (κ3) is 4.85. The van der Waals surface area contributed by atoms with Gasteiger partial charge in [-0.1, -0.05) is 17.7 Å². The molecule has 0 aromatic heterocycles. The predicted molar refractivity (Wildman–Crippen MR) is 87.0 cm³/mol. The third-order valence-corrected chi connectivity index (χ3v) is 4.23. The summed E-state index contributed by atoms with van der Waals surface area (Å²) in [6.07, 6.45) is 1.72. The van der Waals surface area contributed by atoms with Crippen molar-refractivity contribution in [3.63, 3.8) is 0 Å². The first-order chi connectivity index (χ1) is 10.1. The minimum absolute atomic E-state index is 0.0991. The molecule has 118 valence electrons. The third-order valence-electron chi connectivity index (χ3n) is 4.00. The van der Waals surface area contributed by atoms with Crippen LogP contribution in [0.15, 0.2) is 18.2 Å². The van der Waals surface area contributed by atoms with E-state index in [0.717, 1.165) is 43.2 Å². The van der Waals surface area contributed by atoms with E-state index in [1.165, 1.54) is 5.56 Å². The van der Waals surface area contributed by atoms with Gasteiger partial charge >= 0.3 is 0 Å². The molecule has 0 amide bonds. The SMILES string of the molecule is COCCNCc1ccc(Cl)cc1N(C)CC1CC(O)C1. The molecule has 1 saturated carbocycles. The fourth-order valence-corrected chi connectivity index (χ4v) is 2.94. The lowest BCUT2D eigenvalue weighted by atomic mass is 9.82. The highest BCUT2D eigenvalue weighted by atomic mass is 35.5. The molecule has 0 radical (unpaired) electrons. The Morgan fingerprint density at radius 1 is 1.43 bits per heavy atom. The van der Waals surface area contributed by atoms with Gasteiger partial charge in [0.05, 0.1) is 12.7 Å². The number of rotatable bonds is 8. The van der Waals surface area contributed by atoms with Gasteiger partial charge in [0.25, 0.3) is 0 Å². The number of hydrogen-bond donors (Lipinski definition) is 2. The first-order valence-corrected chi connectivity index (χ1v) is 7.85. The fraction of sp³-hybridized carbons (Fsp3) is 0.625. The van der Waals surface area contributed by atoms with Gasteiger partial charge in [-0.25, -0.2) is 0 Å². The first-order valence-electron chi connectivity index (χ1n) is 7.47. The number of benzene rings is 1. The van der Waals surface area contributed by atoms with Crippen LogP contribution in [0.5, 0.6) is 0 Å². The lowest BCUT2D eigenvalue weighted by Crippen LogP contribution is -2.37. The standard InChI is InChI=1S/C16H25ClN2O2/c1-19(11-12-7-15(20)8-12)16-9-14(17)4-3-13(16)10-18-5-6-21-2/h3-4,9,12,15,18,20H,5-8,10-11H2,1-2H3. The number of ether oxygens (including phenoxy) is 1. The minimum Gasteiger partial charge on any atom is -0.393 e. The van der Waals surface area contributed by atoms with Crippen molar-refractivity contribution in [1.82, 2.24) is 5.32 Å². The average molecular weight is 313 g/mol. The van der Waals surface area contributed by atoms with Crippen LogP contribution in [-0.4, -0.2) is 45.1 Å². The maximum absolute atomic E-state index is 9.41. The molecule has 1 fully saturated rings. The molecule has 0 spiro atoms. The van der Waals surface area contributed by atoms with Crippen LogP contribution in [0.2, 0.25) is 5.02 Å². The predicted octanol–water partition coefficient (Wildman–Crippen LogP) is 2.28. The smallest absolute Gasteiger partial charge is 0.0587 e. The molecule has 0 aliphatic heterocycles. The van der Waals surface area contributed by atoms with Crippen molar-refractivity contribution in [2.24, 2.45) is 5.92 Å². The molecule has 0 unspecified atom stereocenters. The average Bonchev–Trinajstić information content (AvgIpc) is 2.43. The van der Waals surface area contributed by atoms with Crippen LogP contribution in [-0.2, 0) is 11.3 Å². The molecule has 1 aliphatic carbocycles. The van der Waals surface area contributed by atoms with Crippen molar-refractivity contribution >= 4 is 17.3 Å². The van der Waals surface area contributed by atoms with E-state index in [0.29, 0.717) is 12.5 Å². The largest absolute Gasteiger partial charge is 0.393 e. The zero-order valence-corrected chi connectivity index (χ0v) is 13.6. The highest BCUT2D eigenvalue weighted by Gasteiger charge is 2.28. The maximum Gasteiger partial charge on any atom is 0.0587 e. The number of methoxy groups -OCH3 is 1. The van der Waals surface area contributed by atoms with Crippen molar-refractivity contribution < 1.29 is 9.84 Å². The molecule has 2 rings (SSSR count). The van der Waals surface area contributed by atoms with Gasteiger partial charge in [-0.2, -0.15) is 0 Å². The van der Waals surface area contributed by atoms with Gasteiger partial charge in [0.1, 0.15) is 0 Å². The molecule has 1 aromatic carbocycles. The van der Waals surface area contributed by atoms with Gasteiger partial charge < -0.3 is 20.1 Å². The van der Waals surface area contributed by atoms with E-state index in [-0.39, 0.29) is 6.10 Å². The molecule has 0 bridgehead atoms. The molecule has 0 atom stereocenters. The van der Waals surface area contributed by atoms with Crippen LogP contribution in [0.3, 0.4) is 0 Å². The molecule has 2 N–H and O–H groups in total. The monoisotopic (exact) mass is 312 g/mol. The molecule has 0 saturated heterocycles. The normalized spacial score (nSPS) is 21.1. The van der Waals surface area contributed by atoms with Crippen LogP contribution in [0, 0.1) is 5.92 Å². The Morgan fingerprint density at radius 2 is 2.19 bits per heavy atom. The van der Waals surface area contributed by atoms with E-state index in [1.54, 1.807) is 7.11 Å². The number of aliphatic hydroxyl groups is 1. The van der Waals surface area contributed by atoms with Crippen molar-refractivity contribution in [1.29, 1.82) is 0 Å². The van der Waals surface area contributed by atoms with E-state index in [4.69, 9.17) is 16.3 Å². The number of nitrogens with one attached hydrogen (secondary N) is 1. The summed E-state index contributed by atoms with van der Waals surface area (Å²) in [5.41, 5.74) is 2.40. The van der Waals surface area contributed by atoms with Gasteiger partial charge in [0, 0.05) is 44.5 Å². The quantitative estimate of drug-likeness (QED) is 0.723. The molecule has 5 heteroatoms. The number of anilines is 1. The second-order valence-corrected chi connectivity index (χ2v) is 6.25.